The molecule has 1 aromatic carbocycles. The molecule has 1 atom stereocenters. The average Bonchev–Trinajstić information content (AvgIpc) is 2.37. The van der Waals surface area contributed by atoms with E-state index in [1.165, 1.54) is 29.7 Å². The van der Waals surface area contributed by atoms with Crippen LogP contribution in [-0.4, -0.2) is 57.6 Å². The van der Waals surface area contributed by atoms with Gasteiger partial charge in [0.25, 0.3) is 0 Å². The molecule has 1 rings (SSSR count). The van der Waals surface area contributed by atoms with Crippen molar-refractivity contribution in [3.8, 4) is 0 Å². The number of nitrogens with one attached hydrogen (secondary N) is 1. The fourth-order valence-corrected chi connectivity index (χ4v) is 2.81. The highest BCUT2D eigenvalue weighted by Gasteiger charge is 2.11. The molecule has 3 nitrogen and oxygen atoms in total. The fourth-order valence-electron chi connectivity index (χ4n) is 2.81. The molecule has 0 aromatic heterocycles. The number of hydrogen-bond donors (Lipinski definition) is 1. The second kappa shape index (κ2) is 9.19. The molecule has 0 aliphatic rings. The minimum Gasteiger partial charge on any atom is -0.313 e. The Morgan fingerprint density at radius 2 is 1.57 bits per heavy atom. The molecule has 0 bridgehead atoms. The van der Waals surface area contributed by atoms with Gasteiger partial charge in [-0.3, -0.25) is 0 Å². The van der Waals surface area contributed by atoms with Crippen molar-refractivity contribution < 1.29 is 0 Å². The molecule has 0 fully saturated rings. The zero-order chi connectivity index (χ0) is 15.8. The van der Waals surface area contributed by atoms with Crippen molar-refractivity contribution in [1.29, 1.82) is 0 Å². The maximum atomic E-state index is 3.47. The second-order valence-electron chi connectivity index (χ2n) is 6.51. The van der Waals surface area contributed by atoms with Crippen molar-refractivity contribution in [2.45, 2.75) is 32.7 Å². The van der Waals surface area contributed by atoms with E-state index < -0.39 is 0 Å². The van der Waals surface area contributed by atoms with E-state index in [4.69, 9.17) is 0 Å². The molecule has 0 amide bonds. The maximum absolute atomic E-state index is 3.47. The first kappa shape index (κ1) is 18.1. The predicted octanol–water partition coefficient (Wildman–Crippen LogP) is 2.84. The number of hydrogen-bond acceptors (Lipinski definition) is 3. The normalized spacial score (nSPS) is 13.1. The molecule has 1 unspecified atom stereocenters. The largest absolute Gasteiger partial charge is 0.313 e. The number of benzene rings is 1. The van der Waals surface area contributed by atoms with Crippen LogP contribution >= 0.6 is 0 Å². The van der Waals surface area contributed by atoms with Gasteiger partial charge >= 0.3 is 0 Å². The third-order valence-corrected chi connectivity index (χ3v) is 3.94. The van der Waals surface area contributed by atoms with E-state index in [2.05, 4.69) is 75.4 Å². The minimum absolute atomic E-state index is 0.444. The lowest BCUT2D eigenvalue weighted by Gasteiger charge is -2.23. The Morgan fingerprint density at radius 3 is 2.10 bits per heavy atom. The van der Waals surface area contributed by atoms with Crippen LogP contribution in [0.25, 0.3) is 0 Å². The van der Waals surface area contributed by atoms with Crippen molar-refractivity contribution in [3.05, 3.63) is 34.9 Å². The molecule has 0 heterocycles. The average molecular weight is 291 g/mol. The molecular weight excluding hydrogens is 258 g/mol. The van der Waals surface area contributed by atoms with Crippen molar-refractivity contribution in [1.82, 2.24) is 15.1 Å². The van der Waals surface area contributed by atoms with Gasteiger partial charge in [0, 0.05) is 6.04 Å². The van der Waals surface area contributed by atoms with E-state index in [0.29, 0.717) is 6.04 Å². The predicted molar refractivity (Wildman–Crippen MR) is 93.0 cm³/mol. The summed E-state index contributed by atoms with van der Waals surface area (Å²) in [6.45, 7) is 7.82. The van der Waals surface area contributed by atoms with Gasteiger partial charge in [-0.2, -0.15) is 0 Å². The molecule has 1 aromatic rings. The first-order valence-electron chi connectivity index (χ1n) is 8.01. The molecule has 0 radical (unpaired) electrons. The van der Waals surface area contributed by atoms with E-state index in [1.54, 1.807) is 0 Å². The summed E-state index contributed by atoms with van der Waals surface area (Å²) in [6.07, 6.45) is 2.38. The van der Waals surface area contributed by atoms with Gasteiger partial charge in [0.05, 0.1) is 0 Å². The Bertz CT molecular complexity index is 395. The highest BCUT2D eigenvalue weighted by atomic mass is 15.1. The number of nitrogens with zero attached hydrogens (tertiary/aromatic N) is 2. The molecule has 0 saturated carbocycles. The van der Waals surface area contributed by atoms with E-state index in [0.717, 1.165) is 19.5 Å². The van der Waals surface area contributed by atoms with Crippen molar-refractivity contribution >= 4 is 0 Å². The molecule has 0 saturated heterocycles. The van der Waals surface area contributed by atoms with Crippen LogP contribution in [-0.2, 0) is 0 Å². The summed E-state index contributed by atoms with van der Waals surface area (Å²) >= 11 is 0. The van der Waals surface area contributed by atoms with Crippen molar-refractivity contribution in [2.75, 3.05) is 47.8 Å². The van der Waals surface area contributed by atoms with Gasteiger partial charge < -0.3 is 15.1 Å². The van der Waals surface area contributed by atoms with Crippen LogP contribution in [0.15, 0.2) is 18.2 Å². The number of rotatable bonds is 9. The maximum Gasteiger partial charge on any atom is 0.0329 e. The lowest BCUT2D eigenvalue weighted by Crippen LogP contribution is -2.28. The summed E-state index contributed by atoms with van der Waals surface area (Å²) in [4.78, 5) is 4.69. The zero-order valence-corrected chi connectivity index (χ0v) is 14.7. The lowest BCUT2D eigenvalue weighted by atomic mass is 9.99. The molecule has 0 aliphatic heterocycles. The van der Waals surface area contributed by atoms with Crippen LogP contribution < -0.4 is 5.32 Å². The lowest BCUT2D eigenvalue weighted by molar-refractivity contribution is 0.286. The third kappa shape index (κ3) is 7.07. The fraction of sp³-hybridized carbons (Fsp3) is 0.667. The summed E-state index contributed by atoms with van der Waals surface area (Å²) in [5.74, 6) is 0. The van der Waals surface area contributed by atoms with E-state index in [9.17, 15) is 0 Å². The van der Waals surface area contributed by atoms with Gasteiger partial charge in [0.15, 0.2) is 0 Å². The third-order valence-electron chi connectivity index (χ3n) is 3.94. The Hall–Kier alpha value is -0.900. The van der Waals surface area contributed by atoms with Gasteiger partial charge in [0.2, 0.25) is 0 Å². The summed E-state index contributed by atoms with van der Waals surface area (Å²) in [7, 11) is 8.56. The second-order valence-corrected chi connectivity index (χ2v) is 6.51. The first-order valence-corrected chi connectivity index (χ1v) is 8.01. The minimum atomic E-state index is 0.444. The van der Waals surface area contributed by atoms with Gasteiger partial charge in [-0.1, -0.05) is 29.3 Å². The molecule has 120 valence electrons. The zero-order valence-electron chi connectivity index (χ0n) is 14.7. The van der Waals surface area contributed by atoms with Crippen molar-refractivity contribution in [3.63, 3.8) is 0 Å². The quantitative estimate of drug-likeness (QED) is 0.755. The Balaban J connectivity index is 2.47. The Morgan fingerprint density at radius 1 is 0.952 bits per heavy atom. The summed E-state index contributed by atoms with van der Waals surface area (Å²) in [5.41, 5.74) is 4.12. The summed E-state index contributed by atoms with van der Waals surface area (Å²) in [5, 5.41) is 3.47. The van der Waals surface area contributed by atoms with Gasteiger partial charge in [-0.05, 0) is 80.1 Å². The van der Waals surface area contributed by atoms with Crippen LogP contribution in [0.5, 0.6) is 0 Å². The van der Waals surface area contributed by atoms with Crippen LogP contribution in [0, 0.1) is 13.8 Å². The van der Waals surface area contributed by atoms with Gasteiger partial charge in [-0.15, -0.1) is 0 Å². The summed E-state index contributed by atoms with van der Waals surface area (Å²) in [6, 6.07) is 7.30. The molecule has 0 aliphatic carbocycles. The molecule has 21 heavy (non-hydrogen) atoms. The van der Waals surface area contributed by atoms with Crippen LogP contribution in [0.1, 0.15) is 35.6 Å². The molecule has 3 heteroatoms. The molecule has 0 spiro atoms. The smallest absolute Gasteiger partial charge is 0.0329 e. The number of aryl methyl sites for hydroxylation is 2. The monoisotopic (exact) mass is 291 g/mol. The molecule has 1 N–H and O–H groups in total. The summed E-state index contributed by atoms with van der Waals surface area (Å²) < 4.78 is 0. The van der Waals surface area contributed by atoms with Crippen LogP contribution in [0.3, 0.4) is 0 Å². The van der Waals surface area contributed by atoms with Crippen LogP contribution in [0.4, 0.5) is 0 Å². The van der Waals surface area contributed by atoms with Gasteiger partial charge in [0.1, 0.15) is 0 Å². The van der Waals surface area contributed by atoms with Gasteiger partial charge in [-0.25, -0.2) is 0 Å². The highest BCUT2D eigenvalue weighted by molar-refractivity contribution is 5.30. The van der Waals surface area contributed by atoms with E-state index in [1.807, 2.05) is 0 Å². The van der Waals surface area contributed by atoms with Crippen LogP contribution in [0.2, 0.25) is 0 Å². The van der Waals surface area contributed by atoms with E-state index >= 15 is 0 Å². The highest BCUT2D eigenvalue weighted by Crippen LogP contribution is 2.20. The first-order chi connectivity index (χ1) is 9.92. The topological polar surface area (TPSA) is 18.5 Å². The van der Waals surface area contributed by atoms with Crippen molar-refractivity contribution in [2.24, 2.45) is 0 Å². The Kier molecular flexibility index (Phi) is 7.94. The van der Waals surface area contributed by atoms with E-state index in [-0.39, 0.29) is 0 Å². The Labute approximate surface area is 131 Å². The standard InChI is InChI=1S/C18H33N3/c1-15-12-16(2)14-17(13-15)18(19-3)8-11-21(6)10-7-9-20(4)5/h12-14,18-19H,7-11H2,1-6H3. The molecular formula is C18H33N3. The SMILES string of the molecule is CNC(CCN(C)CCCN(C)C)c1cc(C)cc(C)c1.